The molecule has 0 unspecified atom stereocenters. The van der Waals surface area contributed by atoms with Crippen molar-refractivity contribution in [2.75, 3.05) is 26.7 Å². The summed E-state index contributed by atoms with van der Waals surface area (Å²) < 4.78 is 0. The molecule has 0 aromatic carbocycles. The van der Waals surface area contributed by atoms with Crippen LogP contribution < -0.4 is 5.32 Å². The van der Waals surface area contributed by atoms with Crippen LogP contribution >= 0.6 is 11.3 Å². The van der Waals surface area contributed by atoms with Crippen molar-refractivity contribution in [2.45, 2.75) is 32.1 Å². The third-order valence-corrected chi connectivity index (χ3v) is 4.90. The molecule has 0 bridgehead atoms. The van der Waals surface area contributed by atoms with Crippen LogP contribution in [0.3, 0.4) is 0 Å². The number of rotatable bonds is 3. The monoisotopic (exact) mass is 267 g/mol. The number of carbonyl (C=O) groups is 1. The topological polar surface area (TPSA) is 45.2 Å². The van der Waals surface area contributed by atoms with Crippen LogP contribution in [0.25, 0.3) is 0 Å². The average Bonchev–Trinajstić information content (AvgIpc) is 2.78. The Morgan fingerprint density at radius 2 is 2.22 bits per heavy atom. The fraction of sp³-hybridized carbons (Fsp3) is 0.692. The van der Waals surface area contributed by atoms with E-state index in [1.54, 1.807) is 11.3 Å². The molecule has 1 saturated heterocycles. The Balaban J connectivity index is 1.99. The molecular formula is C13H21N3OS. The van der Waals surface area contributed by atoms with Gasteiger partial charge in [-0.2, -0.15) is 0 Å². The fourth-order valence-electron chi connectivity index (χ4n) is 2.36. The van der Waals surface area contributed by atoms with E-state index in [9.17, 15) is 4.79 Å². The predicted molar refractivity (Wildman–Crippen MR) is 73.9 cm³/mol. The number of nitrogens with one attached hydrogen (secondary N) is 1. The van der Waals surface area contributed by atoms with Crippen molar-refractivity contribution in [3.8, 4) is 0 Å². The van der Waals surface area contributed by atoms with E-state index in [-0.39, 0.29) is 11.3 Å². The van der Waals surface area contributed by atoms with Crippen molar-refractivity contribution in [3.63, 3.8) is 0 Å². The number of piperidine rings is 1. The molecule has 1 aliphatic rings. The summed E-state index contributed by atoms with van der Waals surface area (Å²) >= 11 is 1.79. The Morgan fingerprint density at radius 3 is 2.72 bits per heavy atom. The molecule has 5 heteroatoms. The van der Waals surface area contributed by atoms with Crippen LogP contribution in [0.1, 0.15) is 29.7 Å². The first-order valence-electron chi connectivity index (χ1n) is 6.40. The molecule has 0 spiro atoms. The highest BCUT2D eigenvalue weighted by Gasteiger charge is 2.35. The van der Waals surface area contributed by atoms with Gasteiger partial charge in [0, 0.05) is 29.6 Å². The molecule has 1 amide bonds. The van der Waals surface area contributed by atoms with Gasteiger partial charge in [0.2, 0.25) is 5.91 Å². The Kier molecular flexibility index (Phi) is 4.02. The zero-order chi connectivity index (χ0) is 13.2. The predicted octanol–water partition coefficient (Wildman–Crippen LogP) is 1.55. The highest BCUT2D eigenvalue weighted by molar-refractivity contribution is 7.11. The van der Waals surface area contributed by atoms with Crippen LogP contribution in [-0.2, 0) is 10.2 Å². The molecule has 0 radical (unpaired) electrons. The van der Waals surface area contributed by atoms with Crippen molar-refractivity contribution in [3.05, 3.63) is 16.1 Å². The molecule has 2 rings (SSSR count). The van der Waals surface area contributed by atoms with Crippen LogP contribution in [0.4, 0.5) is 0 Å². The minimum Gasteiger partial charge on any atom is -0.342 e. The van der Waals surface area contributed by atoms with Gasteiger partial charge in [-0.3, -0.25) is 4.79 Å². The van der Waals surface area contributed by atoms with Crippen LogP contribution in [0.5, 0.6) is 0 Å². The molecule has 1 N–H and O–H groups in total. The minimum atomic E-state index is 0.148. The highest BCUT2D eigenvalue weighted by Crippen LogP contribution is 2.36. The molecule has 1 aliphatic heterocycles. The second kappa shape index (κ2) is 5.36. The van der Waals surface area contributed by atoms with E-state index in [4.69, 9.17) is 0 Å². The summed E-state index contributed by atoms with van der Waals surface area (Å²) in [7, 11) is 1.81. The number of hydrogen-bond acceptors (Lipinski definition) is 4. The second-order valence-corrected chi connectivity index (χ2v) is 6.48. The van der Waals surface area contributed by atoms with Gasteiger partial charge in [0.05, 0.1) is 11.6 Å². The average molecular weight is 267 g/mol. The quantitative estimate of drug-likeness (QED) is 0.904. The van der Waals surface area contributed by atoms with E-state index in [1.165, 1.54) is 9.88 Å². The van der Waals surface area contributed by atoms with Crippen LogP contribution in [0.2, 0.25) is 0 Å². The number of hydrogen-bond donors (Lipinski definition) is 1. The van der Waals surface area contributed by atoms with Gasteiger partial charge in [-0.05, 0) is 26.8 Å². The van der Waals surface area contributed by atoms with Crippen molar-refractivity contribution in [1.29, 1.82) is 0 Å². The minimum absolute atomic E-state index is 0.148. The van der Waals surface area contributed by atoms with E-state index >= 15 is 0 Å². The van der Waals surface area contributed by atoms with E-state index in [2.05, 4.69) is 24.1 Å². The number of likely N-dealkylation sites (tertiary alicyclic amines) is 1. The number of aryl methyl sites for hydroxylation is 1. The Morgan fingerprint density at radius 1 is 1.56 bits per heavy atom. The van der Waals surface area contributed by atoms with Crippen LogP contribution in [0.15, 0.2) is 6.20 Å². The standard InChI is InChI=1S/C13H21N3OS/c1-10-8-15-12(18-10)13(2)4-6-16(7-5-13)11(17)9-14-3/h8,14H,4-7,9H2,1-3H3. The summed E-state index contributed by atoms with van der Waals surface area (Å²) in [6, 6.07) is 0. The largest absolute Gasteiger partial charge is 0.342 e. The van der Waals surface area contributed by atoms with Crippen molar-refractivity contribution in [1.82, 2.24) is 15.2 Å². The Hall–Kier alpha value is -0.940. The molecule has 0 atom stereocenters. The lowest BCUT2D eigenvalue weighted by molar-refractivity contribution is -0.131. The van der Waals surface area contributed by atoms with Crippen LogP contribution in [-0.4, -0.2) is 42.5 Å². The van der Waals surface area contributed by atoms with Crippen molar-refractivity contribution in [2.24, 2.45) is 0 Å². The zero-order valence-electron chi connectivity index (χ0n) is 11.3. The molecule has 1 aromatic rings. The first-order chi connectivity index (χ1) is 8.55. The molecular weight excluding hydrogens is 246 g/mol. The summed E-state index contributed by atoms with van der Waals surface area (Å²) in [6.07, 6.45) is 3.97. The smallest absolute Gasteiger partial charge is 0.236 e. The maximum atomic E-state index is 11.8. The van der Waals surface area contributed by atoms with Gasteiger partial charge >= 0.3 is 0 Å². The van der Waals surface area contributed by atoms with Gasteiger partial charge in [-0.15, -0.1) is 11.3 Å². The van der Waals surface area contributed by atoms with Gasteiger partial charge in [0.15, 0.2) is 0 Å². The summed E-state index contributed by atoms with van der Waals surface area (Å²) in [4.78, 5) is 19.5. The lowest BCUT2D eigenvalue weighted by atomic mass is 9.81. The number of thiazole rings is 1. The Labute approximate surface area is 112 Å². The maximum absolute atomic E-state index is 11.8. The van der Waals surface area contributed by atoms with Crippen molar-refractivity contribution < 1.29 is 4.79 Å². The molecule has 0 saturated carbocycles. The summed E-state index contributed by atoms with van der Waals surface area (Å²) in [6.45, 7) is 6.49. The second-order valence-electron chi connectivity index (χ2n) is 5.25. The summed E-state index contributed by atoms with van der Waals surface area (Å²) in [5.41, 5.74) is 0.148. The fourth-order valence-corrected chi connectivity index (χ4v) is 3.33. The normalized spacial score (nSPS) is 18.9. The number of aromatic nitrogens is 1. The van der Waals surface area contributed by atoms with Gasteiger partial charge in [-0.25, -0.2) is 4.98 Å². The molecule has 1 aromatic heterocycles. The van der Waals surface area contributed by atoms with E-state index < -0.39 is 0 Å². The first kappa shape index (κ1) is 13.5. The number of amides is 1. The molecule has 100 valence electrons. The summed E-state index contributed by atoms with van der Waals surface area (Å²) in [5.74, 6) is 0.204. The summed E-state index contributed by atoms with van der Waals surface area (Å²) in [5, 5.41) is 4.14. The van der Waals surface area contributed by atoms with Gasteiger partial charge in [0.1, 0.15) is 0 Å². The molecule has 18 heavy (non-hydrogen) atoms. The highest BCUT2D eigenvalue weighted by atomic mass is 32.1. The Bertz CT molecular complexity index is 422. The van der Waals surface area contributed by atoms with Gasteiger partial charge < -0.3 is 10.2 Å². The number of carbonyl (C=O) groups excluding carboxylic acids is 1. The third-order valence-electron chi connectivity index (χ3n) is 3.69. The third kappa shape index (κ3) is 2.72. The molecule has 1 fully saturated rings. The molecule has 4 nitrogen and oxygen atoms in total. The molecule has 0 aliphatic carbocycles. The van der Waals surface area contributed by atoms with Crippen LogP contribution in [0, 0.1) is 6.92 Å². The van der Waals surface area contributed by atoms with Gasteiger partial charge in [0.25, 0.3) is 0 Å². The lowest BCUT2D eigenvalue weighted by Crippen LogP contribution is -2.46. The van der Waals surface area contributed by atoms with E-state index in [0.717, 1.165) is 25.9 Å². The maximum Gasteiger partial charge on any atom is 0.236 e. The van der Waals surface area contributed by atoms with Crippen molar-refractivity contribution >= 4 is 17.2 Å². The van der Waals surface area contributed by atoms with E-state index in [1.807, 2.05) is 18.1 Å². The SMILES string of the molecule is CNCC(=O)N1CCC(C)(c2ncc(C)s2)CC1. The number of nitrogens with zero attached hydrogens (tertiary/aromatic N) is 2. The van der Waals surface area contributed by atoms with Gasteiger partial charge in [-0.1, -0.05) is 6.92 Å². The zero-order valence-corrected chi connectivity index (χ0v) is 12.1. The van der Waals surface area contributed by atoms with E-state index in [0.29, 0.717) is 6.54 Å². The lowest BCUT2D eigenvalue weighted by Gasteiger charge is -2.38. The number of likely N-dealkylation sites (N-methyl/N-ethyl adjacent to an activating group) is 1. The first-order valence-corrected chi connectivity index (χ1v) is 7.22. The molecule has 2 heterocycles.